The molecule has 0 aliphatic carbocycles. The third-order valence-corrected chi connectivity index (χ3v) is 3.17. The van der Waals surface area contributed by atoms with Crippen molar-refractivity contribution in [3.63, 3.8) is 0 Å². The fourth-order valence-corrected chi connectivity index (χ4v) is 2.33. The van der Waals surface area contributed by atoms with E-state index in [1.165, 1.54) is 11.3 Å². The van der Waals surface area contributed by atoms with Crippen molar-refractivity contribution in [3.05, 3.63) is 40.4 Å². The Morgan fingerprint density at radius 2 is 2.27 bits per heavy atom. The van der Waals surface area contributed by atoms with Crippen molar-refractivity contribution in [3.8, 4) is 5.75 Å². The summed E-state index contributed by atoms with van der Waals surface area (Å²) in [5.41, 5.74) is 7.67. The van der Waals surface area contributed by atoms with Crippen LogP contribution in [0, 0.1) is 6.92 Å². The summed E-state index contributed by atoms with van der Waals surface area (Å²) in [5.74, 6) is 0.294. The number of benzene rings is 1. The number of aryl methyl sites for hydroxylation is 1. The number of aromatic nitrogens is 1. The lowest BCUT2D eigenvalue weighted by atomic mass is 10.1. The Balaban J connectivity index is 2.25. The van der Waals surface area contributed by atoms with Crippen LogP contribution in [-0.4, -0.2) is 10.1 Å². The molecule has 0 aliphatic heterocycles. The van der Waals surface area contributed by atoms with Gasteiger partial charge >= 0.3 is 0 Å². The fraction of sp³-hybridized carbons (Fsp3) is 0.182. The number of phenolic OH excluding ortho intramolecular Hbond substituents is 1. The van der Waals surface area contributed by atoms with Crippen LogP contribution in [0.3, 0.4) is 0 Å². The van der Waals surface area contributed by atoms with E-state index in [9.17, 15) is 5.11 Å². The van der Waals surface area contributed by atoms with Crippen LogP contribution in [0.4, 0.5) is 5.13 Å². The van der Waals surface area contributed by atoms with Crippen LogP contribution in [0.15, 0.2) is 24.3 Å². The monoisotopic (exact) mass is 220 g/mol. The molecular weight excluding hydrogens is 208 g/mol. The normalized spacial score (nSPS) is 10.5. The van der Waals surface area contributed by atoms with E-state index in [-0.39, 0.29) is 0 Å². The first-order valence-corrected chi connectivity index (χ1v) is 5.46. The minimum absolute atomic E-state index is 0.294. The summed E-state index contributed by atoms with van der Waals surface area (Å²) < 4.78 is 0. The molecule has 3 nitrogen and oxygen atoms in total. The van der Waals surface area contributed by atoms with Crippen molar-refractivity contribution >= 4 is 16.5 Å². The number of nitrogens with zero attached hydrogens (tertiary/aromatic N) is 1. The molecule has 1 aromatic heterocycles. The smallest absolute Gasteiger partial charge is 0.180 e. The zero-order chi connectivity index (χ0) is 10.8. The van der Waals surface area contributed by atoms with E-state index < -0.39 is 0 Å². The summed E-state index contributed by atoms with van der Waals surface area (Å²) in [6.07, 6.45) is 0.773. The van der Waals surface area contributed by atoms with Crippen LogP contribution in [0.25, 0.3) is 0 Å². The molecule has 2 aromatic rings. The van der Waals surface area contributed by atoms with Crippen LogP contribution in [0.2, 0.25) is 0 Å². The van der Waals surface area contributed by atoms with E-state index in [4.69, 9.17) is 5.73 Å². The highest BCUT2D eigenvalue weighted by Crippen LogP contribution is 2.23. The van der Waals surface area contributed by atoms with E-state index >= 15 is 0 Å². The summed E-state index contributed by atoms with van der Waals surface area (Å²) in [6.45, 7) is 1.95. The lowest BCUT2D eigenvalue weighted by Crippen LogP contribution is -1.87. The largest absolute Gasteiger partial charge is 0.508 e. The Labute approximate surface area is 92.2 Å². The first kappa shape index (κ1) is 9.98. The highest BCUT2D eigenvalue weighted by Gasteiger charge is 2.06. The molecule has 0 saturated carbocycles. The molecule has 1 heterocycles. The van der Waals surface area contributed by atoms with E-state index in [2.05, 4.69) is 4.98 Å². The third-order valence-electron chi connectivity index (χ3n) is 2.18. The van der Waals surface area contributed by atoms with Crippen molar-refractivity contribution in [1.82, 2.24) is 4.98 Å². The molecule has 78 valence electrons. The molecule has 0 bridgehead atoms. The second-order valence-corrected chi connectivity index (χ2v) is 4.52. The van der Waals surface area contributed by atoms with Gasteiger partial charge in [0, 0.05) is 11.3 Å². The number of hydrogen-bond acceptors (Lipinski definition) is 4. The first-order chi connectivity index (χ1) is 7.15. The Morgan fingerprint density at radius 3 is 2.87 bits per heavy atom. The predicted octanol–water partition coefficient (Wildman–Crippen LogP) is 2.33. The number of aromatic hydroxyl groups is 1. The maximum absolute atomic E-state index is 9.33. The second kappa shape index (κ2) is 3.90. The first-order valence-electron chi connectivity index (χ1n) is 4.65. The maximum atomic E-state index is 9.33. The molecule has 0 aliphatic rings. The lowest BCUT2D eigenvalue weighted by Gasteiger charge is -2.00. The molecule has 0 amide bonds. The second-order valence-electron chi connectivity index (χ2n) is 3.41. The SMILES string of the molecule is Cc1nc(N)sc1Cc1cccc(O)c1. The maximum Gasteiger partial charge on any atom is 0.180 e. The summed E-state index contributed by atoms with van der Waals surface area (Å²) >= 11 is 1.50. The molecular formula is C11H12N2OS. The summed E-state index contributed by atoms with van der Waals surface area (Å²) in [5, 5.41) is 9.93. The van der Waals surface area contributed by atoms with Gasteiger partial charge in [0.05, 0.1) is 5.69 Å². The van der Waals surface area contributed by atoms with Crippen molar-refractivity contribution in [1.29, 1.82) is 0 Å². The number of hydrogen-bond donors (Lipinski definition) is 2. The predicted molar refractivity (Wildman–Crippen MR) is 62.2 cm³/mol. The summed E-state index contributed by atoms with van der Waals surface area (Å²) in [4.78, 5) is 5.31. The van der Waals surface area contributed by atoms with Crippen LogP contribution in [0.1, 0.15) is 16.1 Å². The molecule has 1 aromatic carbocycles. The fourth-order valence-electron chi connectivity index (χ4n) is 1.47. The van der Waals surface area contributed by atoms with Gasteiger partial charge in [-0.2, -0.15) is 0 Å². The molecule has 2 rings (SSSR count). The zero-order valence-corrected chi connectivity index (χ0v) is 9.21. The van der Waals surface area contributed by atoms with E-state index in [0.717, 1.165) is 22.6 Å². The molecule has 4 heteroatoms. The molecule has 3 N–H and O–H groups in total. The van der Waals surface area contributed by atoms with Gasteiger partial charge in [-0.3, -0.25) is 0 Å². The number of anilines is 1. The van der Waals surface area contributed by atoms with Crippen LogP contribution in [-0.2, 0) is 6.42 Å². The quantitative estimate of drug-likeness (QED) is 0.816. The molecule has 0 saturated heterocycles. The summed E-state index contributed by atoms with van der Waals surface area (Å²) in [6, 6.07) is 7.24. The van der Waals surface area contributed by atoms with Gasteiger partial charge in [0.15, 0.2) is 5.13 Å². The Morgan fingerprint density at radius 1 is 1.47 bits per heavy atom. The molecule has 0 unspecified atom stereocenters. The van der Waals surface area contributed by atoms with Gasteiger partial charge in [0.1, 0.15) is 5.75 Å². The van der Waals surface area contributed by atoms with Crippen LogP contribution < -0.4 is 5.73 Å². The average Bonchev–Trinajstić information content (AvgIpc) is 2.45. The zero-order valence-electron chi connectivity index (χ0n) is 8.40. The van der Waals surface area contributed by atoms with Gasteiger partial charge in [0.25, 0.3) is 0 Å². The molecule has 15 heavy (non-hydrogen) atoms. The minimum Gasteiger partial charge on any atom is -0.508 e. The minimum atomic E-state index is 0.294. The van der Waals surface area contributed by atoms with Crippen molar-refractivity contribution in [2.45, 2.75) is 13.3 Å². The topological polar surface area (TPSA) is 59.1 Å². The third kappa shape index (κ3) is 2.27. The van der Waals surface area contributed by atoms with E-state index in [0.29, 0.717) is 10.9 Å². The molecule has 0 atom stereocenters. The van der Waals surface area contributed by atoms with Gasteiger partial charge in [-0.25, -0.2) is 4.98 Å². The standard InChI is InChI=1S/C11H12N2OS/c1-7-10(15-11(12)13-7)6-8-3-2-4-9(14)5-8/h2-5,14H,6H2,1H3,(H2,12,13). The van der Waals surface area contributed by atoms with Crippen molar-refractivity contribution in [2.75, 3.05) is 5.73 Å². The van der Waals surface area contributed by atoms with Gasteiger partial charge in [0.2, 0.25) is 0 Å². The number of thiazole rings is 1. The van der Waals surface area contributed by atoms with E-state index in [1.807, 2.05) is 19.1 Å². The van der Waals surface area contributed by atoms with Crippen molar-refractivity contribution < 1.29 is 5.11 Å². The van der Waals surface area contributed by atoms with Gasteiger partial charge < -0.3 is 10.8 Å². The van der Waals surface area contributed by atoms with E-state index in [1.54, 1.807) is 12.1 Å². The summed E-state index contributed by atoms with van der Waals surface area (Å²) in [7, 11) is 0. The highest BCUT2D eigenvalue weighted by atomic mass is 32.1. The molecule has 0 radical (unpaired) electrons. The number of nitrogens with two attached hydrogens (primary N) is 1. The van der Waals surface area contributed by atoms with Gasteiger partial charge in [-0.05, 0) is 24.6 Å². The Bertz CT molecular complexity index is 479. The number of nitrogen functional groups attached to an aromatic ring is 1. The molecule has 0 fully saturated rings. The lowest BCUT2D eigenvalue weighted by molar-refractivity contribution is 0.474. The van der Waals surface area contributed by atoms with Gasteiger partial charge in [-0.15, -0.1) is 11.3 Å². The number of phenols is 1. The van der Waals surface area contributed by atoms with Crippen LogP contribution in [0.5, 0.6) is 5.75 Å². The van der Waals surface area contributed by atoms with Gasteiger partial charge in [-0.1, -0.05) is 12.1 Å². The average molecular weight is 220 g/mol. The number of rotatable bonds is 2. The Kier molecular flexibility index (Phi) is 2.60. The molecule has 0 spiro atoms. The highest BCUT2D eigenvalue weighted by molar-refractivity contribution is 7.15. The Hall–Kier alpha value is -1.55. The van der Waals surface area contributed by atoms with Crippen molar-refractivity contribution in [2.24, 2.45) is 0 Å². The van der Waals surface area contributed by atoms with Crippen LogP contribution >= 0.6 is 11.3 Å².